The number of halogens is 1. The predicted molar refractivity (Wildman–Crippen MR) is 125 cm³/mol. The third kappa shape index (κ3) is 2.05. The molecule has 1 saturated heterocycles. The predicted octanol–water partition coefficient (Wildman–Crippen LogP) is 5.17. The first-order valence-corrected chi connectivity index (χ1v) is 11.3. The fraction of sp³-hybridized carbons (Fsp3) is 0.231. The molecule has 0 aromatic heterocycles. The number of carbonyl (C=O) groups is 2. The van der Waals surface area contributed by atoms with Crippen molar-refractivity contribution in [3.05, 3.63) is 98.1 Å². The van der Waals surface area contributed by atoms with Gasteiger partial charge in [-0.3, -0.25) is 9.59 Å². The first kappa shape index (κ1) is 18.3. The van der Waals surface area contributed by atoms with Gasteiger partial charge in [-0.15, -0.1) is 0 Å². The highest BCUT2D eigenvalue weighted by molar-refractivity contribution is 14.1. The Bertz CT molecular complexity index is 1220. The molecule has 0 spiro atoms. The topological polar surface area (TPSA) is 37.4 Å². The average Bonchev–Trinajstić information content (AvgIpc) is 3.01. The maximum atomic E-state index is 13.9. The van der Waals surface area contributed by atoms with E-state index in [4.69, 9.17) is 0 Å². The molecule has 4 aliphatic rings. The van der Waals surface area contributed by atoms with Crippen LogP contribution in [0.3, 0.4) is 0 Å². The van der Waals surface area contributed by atoms with Crippen LogP contribution < -0.4 is 4.90 Å². The average molecular weight is 505 g/mol. The second kappa shape index (κ2) is 6.03. The lowest BCUT2D eigenvalue weighted by Crippen LogP contribution is -2.51. The minimum absolute atomic E-state index is 0.0606. The van der Waals surface area contributed by atoms with Crippen molar-refractivity contribution in [1.82, 2.24) is 0 Å². The number of benzene rings is 3. The van der Waals surface area contributed by atoms with Crippen molar-refractivity contribution in [2.45, 2.75) is 25.2 Å². The summed E-state index contributed by atoms with van der Waals surface area (Å²) in [6, 6.07) is 22.7. The van der Waals surface area contributed by atoms with E-state index in [1.807, 2.05) is 49.4 Å². The lowest BCUT2D eigenvalue weighted by molar-refractivity contribution is -0.123. The molecule has 2 bridgehead atoms. The van der Waals surface area contributed by atoms with E-state index in [-0.39, 0.29) is 29.6 Å². The number of hydrogen-bond donors (Lipinski definition) is 0. The highest BCUT2D eigenvalue weighted by Gasteiger charge is 2.66. The normalized spacial score (nSPS) is 28.4. The molecule has 3 aromatic rings. The number of carbonyl (C=O) groups excluding carboxylic acids is 2. The molecular weight excluding hydrogens is 485 g/mol. The molecule has 2 amide bonds. The van der Waals surface area contributed by atoms with Crippen LogP contribution in [0.4, 0.5) is 5.69 Å². The smallest absolute Gasteiger partial charge is 0.238 e. The number of aryl methyl sites for hydroxylation is 1. The number of rotatable bonds is 1. The Morgan fingerprint density at radius 3 is 2.07 bits per heavy atom. The molecule has 148 valence electrons. The zero-order chi connectivity index (χ0) is 20.8. The van der Waals surface area contributed by atoms with E-state index >= 15 is 0 Å². The Morgan fingerprint density at radius 1 is 0.867 bits per heavy atom. The van der Waals surface area contributed by atoms with E-state index in [2.05, 4.69) is 53.8 Å². The molecule has 7 rings (SSSR count). The molecule has 1 heterocycles. The minimum atomic E-state index is -0.509. The van der Waals surface area contributed by atoms with E-state index in [0.29, 0.717) is 0 Å². The van der Waals surface area contributed by atoms with Gasteiger partial charge in [-0.25, -0.2) is 4.90 Å². The van der Waals surface area contributed by atoms with Crippen LogP contribution >= 0.6 is 22.6 Å². The van der Waals surface area contributed by atoms with Gasteiger partial charge >= 0.3 is 0 Å². The molecule has 30 heavy (non-hydrogen) atoms. The van der Waals surface area contributed by atoms with Crippen molar-refractivity contribution in [2.24, 2.45) is 11.8 Å². The molecule has 3 aliphatic carbocycles. The van der Waals surface area contributed by atoms with Crippen LogP contribution in [-0.4, -0.2) is 11.8 Å². The van der Waals surface area contributed by atoms with Crippen LogP contribution in [0.15, 0.2) is 66.7 Å². The molecule has 0 radical (unpaired) electrons. The van der Waals surface area contributed by atoms with Crippen molar-refractivity contribution in [2.75, 3.05) is 4.90 Å². The second-order valence-corrected chi connectivity index (χ2v) is 10.0. The van der Waals surface area contributed by atoms with Crippen molar-refractivity contribution >= 4 is 40.1 Å². The van der Waals surface area contributed by atoms with Gasteiger partial charge in [-0.1, -0.05) is 55.5 Å². The summed E-state index contributed by atoms with van der Waals surface area (Å²) >= 11 is 2.26. The number of amides is 2. The lowest BCUT2D eigenvalue weighted by Gasteiger charge is -2.52. The van der Waals surface area contributed by atoms with E-state index < -0.39 is 5.41 Å². The van der Waals surface area contributed by atoms with Gasteiger partial charge in [0, 0.05) is 14.9 Å². The first-order chi connectivity index (χ1) is 14.4. The van der Waals surface area contributed by atoms with Gasteiger partial charge in [-0.2, -0.15) is 0 Å². The highest BCUT2D eigenvalue weighted by Crippen LogP contribution is 2.64. The van der Waals surface area contributed by atoms with Gasteiger partial charge in [0.25, 0.3) is 0 Å². The monoisotopic (exact) mass is 505 g/mol. The van der Waals surface area contributed by atoms with Gasteiger partial charge in [0.2, 0.25) is 11.8 Å². The summed E-state index contributed by atoms with van der Waals surface area (Å²) in [5.74, 6) is -0.931. The van der Waals surface area contributed by atoms with Crippen molar-refractivity contribution in [1.29, 1.82) is 0 Å². The van der Waals surface area contributed by atoms with Crippen LogP contribution in [0.5, 0.6) is 0 Å². The number of imide groups is 1. The molecular formula is C26H20INO2. The maximum absolute atomic E-state index is 13.9. The molecule has 0 unspecified atom stereocenters. The number of anilines is 1. The number of hydrogen-bond acceptors (Lipinski definition) is 2. The van der Waals surface area contributed by atoms with Gasteiger partial charge < -0.3 is 0 Å². The summed E-state index contributed by atoms with van der Waals surface area (Å²) in [7, 11) is 0. The summed E-state index contributed by atoms with van der Waals surface area (Å²) in [5.41, 5.74) is 5.94. The van der Waals surface area contributed by atoms with Crippen molar-refractivity contribution < 1.29 is 9.59 Å². The largest absolute Gasteiger partial charge is 0.274 e. The summed E-state index contributed by atoms with van der Waals surface area (Å²) in [6.45, 7) is 4.13. The summed E-state index contributed by atoms with van der Waals surface area (Å²) in [5, 5.41) is 0. The Balaban J connectivity index is 1.62. The van der Waals surface area contributed by atoms with E-state index in [1.165, 1.54) is 27.2 Å². The molecule has 1 fully saturated rings. The zero-order valence-corrected chi connectivity index (χ0v) is 18.9. The van der Waals surface area contributed by atoms with Crippen molar-refractivity contribution in [3.8, 4) is 0 Å². The van der Waals surface area contributed by atoms with Crippen LogP contribution in [-0.2, 0) is 15.0 Å². The van der Waals surface area contributed by atoms with Gasteiger partial charge in [0.15, 0.2) is 0 Å². The quantitative estimate of drug-likeness (QED) is 0.338. The Hall–Kier alpha value is -2.47. The molecule has 3 nitrogen and oxygen atoms in total. The van der Waals surface area contributed by atoms with Gasteiger partial charge in [0.1, 0.15) is 0 Å². The third-order valence-electron chi connectivity index (χ3n) is 7.44. The fourth-order valence-electron chi connectivity index (χ4n) is 6.26. The molecule has 0 saturated carbocycles. The molecule has 0 N–H and O–H groups in total. The molecule has 2 atom stereocenters. The fourth-order valence-corrected chi connectivity index (χ4v) is 6.91. The standard InChI is InChI=1S/C26H20INO2/c1-14-13-15(27)11-12-20(14)28-24(29)22-21-16-7-3-5-9-18(16)26(2,23(22)25(28)30)19-10-6-4-8-17(19)21/h3-13,21-23H,1-2H3/t21?,22-,23+,26?/m1/s1. The van der Waals surface area contributed by atoms with Crippen molar-refractivity contribution in [3.63, 3.8) is 0 Å². The van der Waals surface area contributed by atoms with E-state index in [1.54, 1.807) is 0 Å². The van der Waals surface area contributed by atoms with Gasteiger partial charge in [-0.05, 0) is 75.5 Å². The Morgan fingerprint density at radius 2 is 1.47 bits per heavy atom. The second-order valence-electron chi connectivity index (χ2n) is 8.80. The summed E-state index contributed by atoms with van der Waals surface area (Å²) < 4.78 is 1.09. The number of nitrogens with zero attached hydrogens (tertiary/aromatic N) is 1. The van der Waals surface area contributed by atoms with Crippen LogP contribution in [0.25, 0.3) is 0 Å². The Kier molecular flexibility index (Phi) is 3.68. The molecule has 1 aliphatic heterocycles. The van der Waals surface area contributed by atoms with Crippen LogP contribution in [0.2, 0.25) is 0 Å². The van der Waals surface area contributed by atoms with Crippen LogP contribution in [0, 0.1) is 22.3 Å². The van der Waals surface area contributed by atoms with E-state index in [9.17, 15) is 9.59 Å². The van der Waals surface area contributed by atoms with Gasteiger partial charge in [0.05, 0.1) is 17.5 Å². The SMILES string of the molecule is Cc1cc(I)ccc1N1C(=O)[C@@H]2C3c4ccccc4C(C)(c4ccccc43)[C@@H]2C1=O. The summed E-state index contributed by atoms with van der Waals surface area (Å²) in [6.07, 6.45) is 0. The third-order valence-corrected chi connectivity index (χ3v) is 8.11. The first-order valence-electron chi connectivity index (χ1n) is 10.3. The van der Waals surface area contributed by atoms with E-state index in [0.717, 1.165) is 14.8 Å². The Labute approximate surface area is 189 Å². The highest BCUT2D eigenvalue weighted by atomic mass is 127. The molecule has 4 heteroatoms. The maximum Gasteiger partial charge on any atom is 0.238 e. The summed E-state index contributed by atoms with van der Waals surface area (Å²) in [4.78, 5) is 29.2. The lowest BCUT2D eigenvalue weighted by atomic mass is 9.48. The molecule has 3 aromatic carbocycles. The van der Waals surface area contributed by atoms with Crippen LogP contribution in [0.1, 0.15) is 40.7 Å². The zero-order valence-electron chi connectivity index (χ0n) is 16.7. The minimum Gasteiger partial charge on any atom is -0.274 e.